The van der Waals surface area contributed by atoms with Gasteiger partial charge >= 0.3 is 0 Å². The zero-order valence-electron chi connectivity index (χ0n) is 10.9. The van der Waals surface area contributed by atoms with Crippen molar-refractivity contribution in [3.05, 3.63) is 29.8 Å². The predicted molar refractivity (Wildman–Crippen MR) is 73.0 cm³/mol. The Hall–Kier alpha value is -1.07. The van der Waals surface area contributed by atoms with Crippen LogP contribution in [0.2, 0.25) is 0 Å². The second-order valence-electron chi connectivity index (χ2n) is 4.61. The van der Waals surface area contributed by atoms with E-state index in [-0.39, 0.29) is 11.7 Å². The van der Waals surface area contributed by atoms with Crippen molar-refractivity contribution in [3.8, 4) is 5.75 Å². The van der Waals surface area contributed by atoms with E-state index in [1.165, 1.54) is 0 Å². The summed E-state index contributed by atoms with van der Waals surface area (Å²) in [4.78, 5) is 0. The smallest absolute Gasteiger partial charge is 0.209 e. The first-order valence-electron chi connectivity index (χ1n) is 6.10. The summed E-state index contributed by atoms with van der Waals surface area (Å²) in [6.07, 6.45) is 1.71. The van der Waals surface area contributed by atoms with Crippen LogP contribution in [0.4, 0.5) is 0 Å². The van der Waals surface area contributed by atoms with Crippen molar-refractivity contribution >= 4 is 10.0 Å². The van der Waals surface area contributed by atoms with Gasteiger partial charge in [-0.3, -0.25) is 0 Å². The SMILES string of the molecule is CCCC(COc1ccc(C)cc1)CS(N)(=O)=O. The Bertz CT molecular complexity index is 454. The van der Waals surface area contributed by atoms with E-state index in [0.717, 1.165) is 24.2 Å². The summed E-state index contributed by atoms with van der Waals surface area (Å²) in [6.45, 7) is 4.40. The molecule has 0 aromatic heterocycles. The maximum Gasteiger partial charge on any atom is 0.209 e. The highest BCUT2D eigenvalue weighted by molar-refractivity contribution is 7.89. The maximum absolute atomic E-state index is 11.1. The van der Waals surface area contributed by atoms with Crippen molar-refractivity contribution in [1.82, 2.24) is 0 Å². The van der Waals surface area contributed by atoms with Gasteiger partial charge in [-0.25, -0.2) is 13.6 Å². The number of hydrogen-bond acceptors (Lipinski definition) is 3. The van der Waals surface area contributed by atoms with Gasteiger partial charge in [0.2, 0.25) is 10.0 Å². The molecule has 2 N–H and O–H groups in total. The van der Waals surface area contributed by atoms with E-state index in [9.17, 15) is 8.42 Å². The quantitative estimate of drug-likeness (QED) is 0.825. The van der Waals surface area contributed by atoms with Crippen LogP contribution in [0.15, 0.2) is 24.3 Å². The van der Waals surface area contributed by atoms with Crippen LogP contribution in [0.25, 0.3) is 0 Å². The Morgan fingerprint density at radius 3 is 2.39 bits per heavy atom. The molecule has 0 saturated heterocycles. The Morgan fingerprint density at radius 1 is 1.28 bits per heavy atom. The number of sulfonamides is 1. The van der Waals surface area contributed by atoms with Crippen LogP contribution in [0.1, 0.15) is 25.3 Å². The lowest BCUT2D eigenvalue weighted by Gasteiger charge is -2.16. The van der Waals surface area contributed by atoms with Crippen LogP contribution in [-0.2, 0) is 10.0 Å². The van der Waals surface area contributed by atoms with Crippen LogP contribution in [-0.4, -0.2) is 20.8 Å². The lowest BCUT2D eigenvalue weighted by Crippen LogP contribution is -2.26. The van der Waals surface area contributed by atoms with Gasteiger partial charge in [-0.2, -0.15) is 0 Å². The molecule has 0 aliphatic carbocycles. The van der Waals surface area contributed by atoms with Gasteiger partial charge in [0.1, 0.15) is 5.75 Å². The molecule has 0 amide bonds. The molecule has 0 saturated carbocycles. The van der Waals surface area contributed by atoms with E-state index >= 15 is 0 Å². The summed E-state index contributed by atoms with van der Waals surface area (Å²) >= 11 is 0. The minimum Gasteiger partial charge on any atom is -0.493 e. The molecule has 0 heterocycles. The van der Waals surface area contributed by atoms with Crippen LogP contribution >= 0.6 is 0 Å². The third-order valence-corrected chi connectivity index (χ3v) is 3.61. The number of aryl methyl sites for hydroxylation is 1. The van der Waals surface area contributed by atoms with E-state index in [1.807, 2.05) is 38.1 Å². The second kappa shape index (κ2) is 6.75. The Kier molecular flexibility index (Phi) is 5.62. The topological polar surface area (TPSA) is 69.4 Å². The highest BCUT2D eigenvalue weighted by Gasteiger charge is 2.15. The molecule has 0 aliphatic rings. The van der Waals surface area contributed by atoms with E-state index in [0.29, 0.717) is 6.61 Å². The van der Waals surface area contributed by atoms with Gasteiger partial charge < -0.3 is 4.74 Å². The molecular weight excluding hydrogens is 250 g/mol. The highest BCUT2D eigenvalue weighted by Crippen LogP contribution is 2.15. The first kappa shape index (κ1) is 15.0. The molecule has 0 spiro atoms. The van der Waals surface area contributed by atoms with Crippen molar-refractivity contribution < 1.29 is 13.2 Å². The van der Waals surface area contributed by atoms with Crippen LogP contribution in [0.5, 0.6) is 5.75 Å². The van der Waals surface area contributed by atoms with E-state index in [1.54, 1.807) is 0 Å². The predicted octanol–water partition coefficient (Wildman–Crippen LogP) is 2.08. The molecule has 18 heavy (non-hydrogen) atoms. The summed E-state index contributed by atoms with van der Waals surface area (Å²) < 4.78 is 27.8. The molecule has 0 radical (unpaired) electrons. The molecule has 1 aromatic rings. The average molecular weight is 271 g/mol. The molecule has 0 aliphatic heterocycles. The molecule has 1 atom stereocenters. The summed E-state index contributed by atoms with van der Waals surface area (Å²) in [7, 11) is -3.44. The largest absolute Gasteiger partial charge is 0.493 e. The number of primary sulfonamides is 1. The number of rotatable bonds is 7. The molecule has 1 aromatic carbocycles. The van der Waals surface area contributed by atoms with Crippen LogP contribution in [0.3, 0.4) is 0 Å². The zero-order chi connectivity index (χ0) is 13.6. The Morgan fingerprint density at radius 2 is 1.89 bits per heavy atom. The maximum atomic E-state index is 11.1. The summed E-state index contributed by atoms with van der Waals surface area (Å²) in [6, 6.07) is 7.69. The lowest BCUT2D eigenvalue weighted by molar-refractivity contribution is 0.252. The van der Waals surface area contributed by atoms with E-state index < -0.39 is 10.0 Å². The number of nitrogens with two attached hydrogens (primary N) is 1. The Labute approximate surface area is 109 Å². The fourth-order valence-electron chi connectivity index (χ4n) is 1.80. The molecule has 4 nitrogen and oxygen atoms in total. The van der Waals surface area contributed by atoms with Crippen molar-refractivity contribution in [2.24, 2.45) is 11.1 Å². The normalized spacial score (nSPS) is 13.3. The minimum absolute atomic E-state index is 0.0211. The average Bonchev–Trinajstić information content (AvgIpc) is 2.26. The van der Waals surface area contributed by atoms with Crippen molar-refractivity contribution in [3.63, 3.8) is 0 Å². The van der Waals surface area contributed by atoms with Crippen LogP contribution in [0, 0.1) is 12.8 Å². The number of ether oxygens (including phenoxy) is 1. The fraction of sp³-hybridized carbons (Fsp3) is 0.538. The van der Waals surface area contributed by atoms with E-state index in [2.05, 4.69) is 0 Å². The standard InChI is InChI=1S/C13H21NO3S/c1-3-4-12(10-18(14,15)16)9-17-13-7-5-11(2)6-8-13/h5-8,12H,3-4,9-10H2,1-2H3,(H2,14,15,16). The molecule has 1 unspecified atom stereocenters. The van der Waals surface area contributed by atoms with Gasteiger partial charge in [-0.1, -0.05) is 31.0 Å². The number of hydrogen-bond donors (Lipinski definition) is 1. The van der Waals surface area contributed by atoms with Crippen molar-refractivity contribution in [1.29, 1.82) is 0 Å². The molecule has 0 fully saturated rings. The van der Waals surface area contributed by atoms with Gasteiger partial charge in [0.05, 0.1) is 12.4 Å². The van der Waals surface area contributed by atoms with Gasteiger partial charge in [0.15, 0.2) is 0 Å². The molecule has 102 valence electrons. The van der Waals surface area contributed by atoms with E-state index in [4.69, 9.17) is 9.88 Å². The summed E-state index contributed by atoms with van der Waals surface area (Å²) in [5, 5.41) is 5.07. The molecule has 0 bridgehead atoms. The van der Waals surface area contributed by atoms with Gasteiger partial charge in [0.25, 0.3) is 0 Å². The van der Waals surface area contributed by atoms with Gasteiger partial charge in [0, 0.05) is 5.92 Å². The van der Waals surface area contributed by atoms with Gasteiger partial charge in [-0.05, 0) is 25.5 Å². The van der Waals surface area contributed by atoms with Crippen molar-refractivity contribution in [2.45, 2.75) is 26.7 Å². The zero-order valence-corrected chi connectivity index (χ0v) is 11.7. The first-order chi connectivity index (χ1) is 8.40. The monoisotopic (exact) mass is 271 g/mol. The fourth-order valence-corrected chi connectivity index (χ4v) is 2.72. The highest BCUT2D eigenvalue weighted by atomic mass is 32.2. The lowest BCUT2D eigenvalue weighted by atomic mass is 10.1. The molecular formula is C13H21NO3S. The van der Waals surface area contributed by atoms with Crippen molar-refractivity contribution in [2.75, 3.05) is 12.4 Å². The van der Waals surface area contributed by atoms with Gasteiger partial charge in [-0.15, -0.1) is 0 Å². The third kappa shape index (κ3) is 6.02. The third-order valence-electron chi connectivity index (χ3n) is 2.67. The first-order valence-corrected chi connectivity index (χ1v) is 7.82. The minimum atomic E-state index is -3.44. The molecule has 5 heteroatoms. The van der Waals surface area contributed by atoms with Crippen LogP contribution < -0.4 is 9.88 Å². The summed E-state index contributed by atoms with van der Waals surface area (Å²) in [5.41, 5.74) is 1.16. The summed E-state index contributed by atoms with van der Waals surface area (Å²) in [5.74, 6) is 0.689. The second-order valence-corrected chi connectivity index (χ2v) is 6.27. The number of benzene rings is 1. The molecule has 1 rings (SSSR count). The Balaban J connectivity index is 2.54.